The Hall–Kier alpha value is -1.84. The van der Waals surface area contributed by atoms with Crippen LogP contribution in [0.4, 0.5) is 0 Å². The van der Waals surface area contributed by atoms with Crippen LogP contribution in [0.15, 0.2) is 24.3 Å². The third-order valence-corrected chi connectivity index (χ3v) is 2.36. The molecule has 0 saturated carbocycles. The third-order valence-electron chi connectivity index (χ3n) is 2.36. The van der Waals surface area contributed by atoms with Crippen molar-refractivity contribution in [3.8, 4) is 0 Å². The highest BCUT2D eigenvalue weighted by atomic mass is 16.4. The number of carbonyl (C=O) groups is 2. The summed E-state index contributed by atoms with van der Waals surface area (Å²) in [7, 11) is 0. The van der Waals surface area contributed by atoms with E-state index in [1.807, 2.05) is 13.8 Å². The second-order valence-corrected chi connectivity index (χ2v) is 3.67. The lowest BCUT2D eigenvalue weighted by Crippen LogP contribution is -2.31. The lowest BCUT2D eigenvalue weighted by molar-refractivity contribution is 0.0697. The van der Waals surface area contributed by atoms with E-state index in [2.05, 4.69) is 5.32 Å². The third kappa shape index (κ3) is 3.08. The Morgan fingerprint density at radius 1 is 1.38 bits per heavy atom. The molecule has 1 aromatic rings. The molecule has 86 valence electrons. The molecule has 0 aliphatic carbocycles. The quantitative estimate of drug-likeness (QED) is 0.816. The van der Waals surface area contributed by atoms with Crippen LogP contribution in [-0.2, 0) is 0 Å². The maximum atomic E-state index is 11.7. The minimum Gasteiger partial charge on any atom is -0.478 e. The predicted molar refractivity (Wildman–Crippen MR) is 60.6 cm³/mol. The van der Waals surface area contributed by atoms with E-state index in [9.17, 15) is 9.59 Å². The number of aromatic carboxylic acids is 1. The molecular weight excluding hydrogens is 206 g/mol. The van der Waals surface area contributed by atoms with Crippen LogP contribution < -0.4 is 5.32 Å². The SMILES string of the molecule is CCC(C)NC(=O)c1cccc(C(=O)O)c1. The first-order valence-electron chi connectivity index (χ1n) is 5.18. The number of rotatable bonds is 4. The van der Waals surface area contributed by atoms with Crippen molar-refractivity contribution < 1.29 is 14.7 Å². The Labute approximate surface area is 94.3 Å². The van der Waals surface area contributed by atoms with Crippen LogP contribution in [0.2, 0.25) is 0 Å². The van der Waals surface area contributed by atoms with Gasteiger partial charge in [0.2, 0.25) is 0 Å². The van der Waals surface area contributed by atoms with E-state index >= 15 is 0 Å². The normalized spacial score (nSPS) is 11.9. The van der Waals surface area contributed by atoms with Crippen molar-refractivity contribution >= 4 is 11.9 Å². The molecule has 16 heavy (non-hydrogen) atoms. The average Bonchev–Trinajstić information content (AvgIpc) is 2.28. The van der Waals surface area contributed by atoms with Crippen LogP contribution in [0.1, 0.15) is 41.0 Å². The molecule has 0 aliphatic rings. The van der Waals surface area contributed by atoms with Crippen LogP contribution in [-0.4, -0.2) is 23.0 Å². The van der Waals surface area contributed by atoms with Crippen molar-refractivity contribution in [3.63, 3.8) is 0 Å². The molecule has 1 atom stereocenters. The highest BCUT2D eigenvalue weighted by molar-refractivity contribution is 5.97. The van der Waals surface area contributed by atoms with Gasteiger partial charge in [-0.1, -0.05) is 13.0 Å². The molecule has 4 nitrogen and oxygen atoms in total. The first-order valence-corrected chi connectivity index (χ1v) is 5.18. The summed E-state index contributed by atoms with van der Waals surface area (Å²) >= 11 is 0. The van der Waals surface area contributed by atoms with Crippen LogP contribution in [0.5, 0.6) is 0 Å². The molecule has 0 spiro atoms. The number of carboxylic acid groups (broad SMARTS) is 1. The number of amides is 1. The zero-order valence-electron chi connectivity index (χ0n) is 9.36. The minimum atomic E-state index is -1.03. The first kappa shape index (κ1) is 12.2. The minimum absolute atomic E-state index is 0.0842. The molecule has 0 radical (unpaired) electrons. The second-order valence-electron chi connectivity index (χ2n) is 3.67. The van der Waals surface area contributed by atoms with Gasteiger partial charge in [0, 0.05) is 11.6 Å². The van der Waals surface area contributed by atoms with Crippen LogP contribution in [0, 0.1) is 0 Å². The fraction of sp³-hybridized carbons (Fsp3) is 0.333. The molecular formula is C12H15NO3. The second kappa shape index (κ2) is 5.30. The van der Waals surface area contributed by atoms with Gasteiger partial charge in [0.15, 0.2) is 0 Å². The summed E-state index contributed by atoms with van der Waals surface area (Å²) in [5.74, 6) is -1.27. The van der Waals surface area contributed by atoms with Crippen LogP contribution in [0.3, 0.4) is 0 Å². The van der Waals surface area contributed by atoms with E-state index in [0.717, 1.165) is 6.42 Å². The number of carboxylic acids is 1. The number of hydrogen-bond acceptors (Lipinski definition) is 2. The number of carbonyl (C=O) groups excluding carboxylic acids is 1. The standard InChI is InChI=1S/C12H15NO3/c1-3-8(2)13-11(14)9-5-4-6-10(7-9)12(15)16/h4-8H,3H2,1-2H3,(H,13,14)(H,15,16). The molecule has 4 heteroatoms. The molecule has 0 aliphatic heterocycles. The molecule has 0 saturated heterocycles. The summed E-state index contributed by atoms with van der Waals surface area (Å²) < 4.78 is 0. The number of benzene rings is 1. The summed E-state index contributed by atoms with van der Waals surface area (Å²) in [6.07, 6.45) is 0.838. The Kier molecular flexibility index (Phi) is 4.05. The topological polar surface area (TPSA) is 66.4 Å². The van der Waals surface area contributed by atoms with Gasteiger partial charge in [-0.05, 0) is 31.5 Å². The zero-order valence-corrected chi connectivity index (χ0v) is 9.36. The summed E-state index contributed by atoms with van der Waals surface area (Å²) in [4.78, 5) is 22.4. The largest absolute Gasteiger partial charge is 0.478 e. The van der Waals surface area contributed by atoms with E-state index in [1.165, 1.54) is 12.1 Å². The van der Waals surface area contributed by atoms with Gasteiger partial charge >= 0.3 is 5.97 Å². The Balaban J connectivity index is 2.83. The molecule has 0 bridgehead atoms. The lowest BCUT2D eigenvalue weighted by Gasteiger charge is -2.11. The molecule has 1 rings (SSSR count). The highest BCUT2D eigenvalue weighted by Gasteiger charge is 2.10. The van der Waals surface area contributed by atoms with Gasteiger partial charge in [-0.25, -0.2) is 4.79 Å². The first-order chi connectivity index (χ1) is 7.54. The van der Waals surface area contributed by atoms with E-state index in [-0.39, 0.29) is 17.5 Å². The number of hydrogen-bond donors (Lipinski definition) is 2. The van der Waals surface area contributed by atoms with Gasteiger partial charge in [-0.2, -0.15) is 0 Å². The summed E-state index contributed by atoms with van der Waals surface area (Å²) in [5.41, 5.74) is 0.497. The van der Waals surface area contributed by atoms with E-state index in [1.54, 1.807) is 12.1 Å². The zero-order chi connectivity index (χ0) is 12.1. The molecule has 0 fully saturated rings. The average molecular weight is 221 g/mol. The van der Waals surface area contributed by atoms with Crippen molar-refractivity contribution in [2.24, 2.45) is 0 Å². The van der Waals surface area contributed by atoms with Crippen molar-refractivity contribution in [2.75, 3.05) is 0 Å². The van der Waals surface area contributed by atoms with Crippen molar-refractivity contribution in [3.05, 3.63) is 35.4 Å². The van der Waals surface area contributed by atoms with Crippen LogP contribution in [0.25, 0.3) is 0 Å². The van der Waals surface area contributed by atoms with Crippen molar-refractivity contribution in [1.82, 2.24) is 5.32 Å². The monoisotopic (exact) mass is 221 g/mol. The predicted octanol–water partition coefficient (Wildman–Crippen LogP) is 1.91. The Morgan fingerprint density at radius 3 is 2.56 bits per heavy atom. The number of nitrogens with one attached hydrogen (secondary N) is 1. The Morgan fingerprint density at radius 2 is 2.00 bits per heavy atom. The molecule has 0 heterocycles. The van der Waals surface area contributed by atoms with E-state index in [4.69, 9.17) is 5.11 Å². The molecule has 1 unspecified atom stereocenters. The van der Waals surface area contributed by atoms with Crippen LogP contribution >= 0.6 is 0 Å². The van der Waals surface area contributed by atoms with Gasteiger partial charge in [0.25, 0.3) is 5.91 Å². The van der Waals surface area contributed by atoms with Crippen molar-refractivity contribution in [1.29, 1.82) is 0 Å². The maximum Gasteiger partial charge on any atom is 0.335 e. The fourth-order valence-electron chi connectivity index (χ4n) is 1.20. The lowest BCUT2D eigenvalue weighted by atomic mass is 10.1. The summed E-state index contributed by atoms with van der Waals surface area (Å²) in [6, 6.07) is 6.09. The molecule has 1 amide bonds. The fourth-order valence-corrected chi connectivity index (χ4v) is 1.20. The summed E-state index contributed by atoms with van der Waals surface area (Å²) in [5, 5.41) is 11.6. The molecule has 2 N–H and O–H groups in total. The van der Waals surface area contributed by atoms with E-state index in [0.29, 0.717) is 5.56 Å². The maximum absolute atomic E-state index is 11.7. The highest BCUT2D eigenvalue weighted by Crippen LogP contribution is 2.06. The summed E-state index contributed by atoms with van der Waals surface area (Å²) in [6.45, 7) is 3.87. The van der Waals surface area contributed by atoms with Gasteiger partial charge < -0.3 is 10.4 Å². The van der Waals surface area contributed by atoms with Gasteiger partial charge in [-0.3, -0.25) is 4.79 Å². The molecule has 1 aromatic carbocycles. The smallest absolute Gasteiger partial charge is 0.335 e. The van der Waals surface area contributed by atoms with Gasteiger partial charge in [0.05, 0.1) is 5.56 Å². The van der Waals surface area contributed by atoms with Gasteiger partial charge in [-0.15, -0.1) is 0 Å². The van der Waals surface area contributed by atoms with E-state index < -0.39 is 5.97 Å². The van der Waals surface area contributed by atoms with Gasteiger partial charge in [0.1, 0.15) is 0 Å². The molecule has 0 aromatic heterocycles. The van der Waals surface area contributed by atoms with Crippen molar-refractivity contribution in [2.45, 2.75) is 26.3 Å². The Bertz CT molecular complexity index is 401.